The van der Waals surface area contributed by atoms with Crippen LogP contribution in [0.1, 0.15) is 22.6 Å². The van der Waals surface area contributed by atoms with Gasteiger partial charge in [-0.2, -0.15) is 5.10 Å². The quantitative estimate of drug-likeness (QED) is 0.382. The molecule has 0 aliphatic heterocycles. The van der Waals surface area contributed by atoms with Gasteiger partial charge in [0.05, 0.1) is 11.4 Å². The molecule has 0 unspecified atom stereocenters. The van der Waals surface area contributed by atoms with Crippen molar-refractivity contribution >= 4 is 11.1 Å². The summed E-state index contributed by atoms with van der Waals surface area (Å²) >= 11 is 0. The van der Waals surface area contributed by atoms with Crippen LogP contribution in [0, 0.1) is 33.8 Å². The average Bonchev–Trinajstić information content (AvgIpc) is 3.11. The number of rotatable bonds is 2. The summed E-state index contributed by atoms with van der Waals surface area (Å²) in [6, 6.07) is 11.3. The van der Waals surface area contributed by atoms with E-state index < -0.39 is 0 Å². The standard InChI is InChI=1S/C19H17N4O.Ir/c1-11-8-12(2)18(13(3)9-11)23-10-20-22-19(23)15-6-5-7-16-17(15)21-14(4)24-16;/h5,7-10H,1-4H3;/q-1;. The molecule has 0 aliphatic rings. The maximum Gasteiger partial charge on any atom is 0.180 e. The Morgan fingerprint density at radius 1 is 1.08 bits per heavy atom. The Morgan fingerprint density at radius 2 is 1.80 bits per heavy atom. The maximum absolute atomic E-state index is 5.63. The van der Waals surface area contributed by atoms with E-state index >= 15 is 0 Å². The Balaban J connectivity index is 0.00000182. The number of benzene rings is 2. The van der Waals surface area contributed by atoms with Crippen molar-refractivity contribution < 1.29 is 24.5 Å². The zero-order chi connectivity index (χ0) is 16.8. The largest absolute Gasteiger partial charge is 0.461 e. The van der Waals surface area contributed by atoms with E-state index in [0.29, 0.717) is 11.7 Å². The van der Waals surface area contributed by atoms with Crippen LogP contribution in [0.25, 0.3) is 28.2 Å². The molecule has 2 aromatic carbocycles. The van der Waals surface area contributed by atoms with Gasteiger partial charge < -0.3 is 8.98 Å². The topological polar surface area (TPSA) is 56.7 Å². The number of hydrogen-bond acceptors (Lipinski definition) is 4. The molecule has 5 nitrogen and oxygen atoms in total. The van der Waals surface area contributed by atoms with Crippen LogP contribution >= 0.6 is 0 Å². The Bertz CT molecular complexity index is 1040. The van der Waals surface area contributed by atoms with Crippen LogP contribution in [0.3, 0.4) is 0 Å². The van der Waals surface area contributed by atoms with Gasteiger partial charge in [-0.05, 0) is 31.9 Å². The first-order valence-corrected chi connectivity index (χ1v) is 7.81. The van der Waals surface area contributed by atoms with E-state index in [1.165, 1.54) is 16.7 Å². The molecule has 2 aromatic heterocycles. The Kier molecular flexibility index (Phi) is 4.58. The van der Waals surface area contributed by atoms with Gasteiger partial charge in [0.1, 0.15) is 6.33 Å². The van der Waals surface area contributed by atoms with E-state index in [1.54, 1.807) is 6.33 Å². The van der Waals surface area contributed by atoms with Gasteiger partial charge in [-0.15, -0.1) is 17.2 Å². The van der Waals surface area contributed by atoms with E-state index in [2.05, 4.69) is 54.2 Å². The first kappa shape index (κ1) is 17.5. The first-order valence-electron chi connectivity index (χ1n) is 7.81. The molecule has 0 saturated carbocycles. The maximum atomic E-state index is 5.63. The van der Waals surface area contributed by atoms with Crippen LogP contribution in [0.5, 0.6) is 0 Å². The van der Waals surface area contributed by atoms with E-state index in [9.17, 15) is 0 Å². The zero-order valence-corrected chi connectivity index (χ0v) is 16.8. The van der Waals surface area contributed by atoms with E-state index in [0.717, 1.165) is 22.4 Å². The van der Waals surface area contributed by atoms with Crippen molar-refractivity contribution in [1.29, 1.82) is 0 Å². The van der Waals surface area contributed by atoms with Gasteiger partial charge in [0.25, 0.3) is 0 Å². The summed E-state index contributed by atoms with van der Waals surface area (Å²) in [5.74, 6) is 1.34. The van der Waals surface area contributed by atoms with E-state index in [-0.39, 0.29) is 20.1 Å². The van der Waals surface area contributed by atoms with Crippen LogP contribution < -0.4 is 0 Å². The molecule has 0 N–H and O–H groups in total. The number of nitrogens with zero attached hydrogens (tertiary/aromatic N) is 4. The van der Waals surface area contributed by atoms with E-state index in [4.69, 9.17) is 4.42 Å². The van der Waals surface area contributed by atoms with Gasteiger partial charge in [0.15, 0.2) is 5.89 Å². The van der Waals surface area contributed by atoms with Crippen LogP contribution in [0.2, 0.25) is 0 Å². The molecule has 1 radical (unpaired) electrons. The van der Waals surface area contributed by atoms with Crippen LogP contribution in [-0.2, 0) is 20.1 Å². The SMILES string of the molecule is Cc1cc(C)c(-n2cnnc2-c2[c-]ccc3oc(C)nc23)c(C)c1.[Ir]. The van der Waals surface area contributed by atoms with Gasteiger partial charge in [-0.1, -0.05) is 29.3 Å². The molecule has 0 aliphatic carbocycles. The third-order valence-corrected chi connectivity index (χ3v) is 4.11. The molecule has 2 heterocycles. The van der Waals surface area contributed by atoms with Crippen molar-refractivity contribution in [1.82, 2.24) is 19.7 Å². The fourth-order valence-corrected chi connectivity index (χ4v) is 3.30. The monoisotopic (exact) mass is 510 g/mol. The number of aryl methyl sites for hydroxylation is 4. The van der Waals surface area contributed by atoms with Gasteiger partial charge in [-0.25, -0.2) is 0 Å². The summed E-state index contributed by atoms with van der Waals surface area (Å²) in [5.41, 5.74) is 6.96. The van der Waals surface area contributed by atoms with Crippen LogP contribution in [-0.4, -0.2) is 19.7 Å². The summed E-state index contributed by atoms with van der Waals surface area (Å²) < 4.78 is 7.63. The molecule has 0 atom stereocenters. The van der Waals surface area contributed by atoms with Gasteiger partial charge in [0.2, 0.25) is 0 Å². The molecule has 0 fully saturated rings. The third kappa shape index (κ3) is 2.92. The van der Waals surface area contributed by atoms with Crippen LogP contribution in [0.15, 0.2) is 35.0 Å². The molecular weight excluding hydrogens is 492 g/mol. The van der Waals surface area contributed by atoms with E-state index in [1.807, 2.05) is 23.6 Å². The number of aromatic nitrogens is 4. The number of hydrogen-bond donors (Lipinski definition) is 0. The van der Waals surface area contributed by atoms with Crippen molar-refractivity contribution in [3.05, 3.63) is 59.2 Å². The third-order valence-electron chi connectivity index (χ3n) is 4.11. The van der Waals surface area contributed by atoms with Gasteiger partial charge in [0, 0.05) is 38.2 Å². The molecule has 0 amide bonds. The first-order chi connectivity index (χ1) is 11.5. The average molecular weight is 510 g/mol. The second-order valence-corrected chi connectivity index (χ2v) is 6.07. The molecule has 6 heteroatoms. The minimum atomic E-state index is 0. The summed E-state index contributed by atoms with van der Waals surface area (Å²) in [4.78, 5) is 4.48. The number of fused-ring (bicyclic) bond motifs is 1. The summed E-state index contributed by atoms with van der Waals surface area (Å²) in [6.07, 6.45) is 1.74. The molecular formula is C19H17IrN4O-. The van der Waals surface area contributed by atoms with Crippen LogP contribution in [0.4, 0.5) is 0 Å². The summed E-state index contributed by atoms with van der Waals surface area (Å²) in [6.45, 7) is 8.14. The normalized spacial score (nSPS) is 10.9. The second-order valence-electron chi connectivity index (χ2n) is 6.07. The fraction of sp³-hybridized carbons (Fsp3) is 0.211. The smallest absolute Gasteiger partial charge is 0.180 e. The molecule has 4 rings (SSSR count). The number of oxazole rings is 1. The molecule has 4 aromatic rings. The Hall–Kier alpha value is -2.30. The molecule has 129 valence electrons. The molecule has 0 bridgehead atoms. The Morgan fingerprint density at radius 3 is 2.52 bits per heavy atom. The summed E-state index contributed by atoms with van der Waals surface area (Å²) in [5, 5.41) is 8.45. The minimum absolute atomic E-state index is 0. The Labute approximate surface area is 159 Å². The second kappa shape index (κ2) is 6.54. The fourth-order valence-electron chi connectivity index (χ4n) is 3.30. The van der Waals surface area contributed by atoms with Crippen molar-refractivity contribution in [2.75, 3.05) is 0 Å². The van der Waals surface area contributed by atoms with Crippen molar-refractivity contribution in [3.8, 4) is 17.1 Å². The molecule has 0 saturated heterocycles. The molecule has 0 spiro atoms. The van der Waals surface area contributed by atoms with Crippen molar-refractivity contribution in [3.63, 3.8) is 0 Å². The minimum Gasteiger partial charge on any atom is -0.461 e. The van der Waals surface area contributed by atoms with Crippen molar-refractivity contribution in [2.45, 2.75) is 27.7 Å². The van der Waals surface area contributed by atoms with Crippen molar-refractivity contribution in [2.24, 2.45) is 0 Å². The molecule has 25 heavy (non-hydrogen) atoms. The predicted molar refractivity (Wildman–Crippen MR) is 92.1 cm³/mol. The van der Waals surface area contributed by atoms with Gasteiger partial charge in [-0.3, -0.25) is 4.98 Å². The van der Waals surface area contributed by atoms with Gasteiger partial charge >= 0.3 is 0 Å². The summed E-state index contributed by atoms with van der Waals surface area (Å²) in [7, 11) is 0. The zero-order valence-electron chi connectivity index (χ0n) is 14.4. The predicted octanol–water partition coefficient (Wildman–Crippen LogP) is 4.11.